The first kappa shape index (κ1) is 11.9. The summed E-state index contributed by atoms with van der Waals surface area (Å²) in [6.45, 7) is 3.27. The summed E-state index contributed by atoms with van der Waals surface area (Å²) in [6.07, 6.45) is -0.362. The molecule has 0 fully saturated rings. The number of hydrogen-bond donors (Lipinski definition) is 2. The van der Waals surface area contributed by atoms with Crippen LogP contribution in [0.25, 0.3) is 0 Å². The SMILES string of the molecule is CC(C)Oc1c(F)cc(B(O)O)cc1F. The lowest BCUT2D eigenvalue weighted by atomic mass is 9.80. The summed E-state index contributed by atoms with van der Waals surface area (Å²) in [5.74, 6) is -2.41. The minimum atomic E-state index is -1.90. The van der Waals surface area contributed by atoms with Crippen molar-refractivity contribution in [3.05, 3.63) is 23.8 Å². The highest BCUT2D eigenvalue weighted by atomic mass is 19.1. The third kappa shape index (κ3) is 2.90. The van der Waals surface area contributed by atoms with Crippen LogP contribution in [0.15, 0.2) is 12.1 Å². The molecule has 82 valence electrons. The third-order valence-electron chi connectivity index (χ3n) is 1.67. The highest BCUT2D eigenvalue weighted by Crippen LogP contribution is 2.21. The Morgan fingerprint density at radius 1 is 1.20 bits per heavy atom. The Hall–Kier alpha value is -1.14. The van der Waals surface area contributed by atoms with Crippen molar-refractivity contribution in [3.8, 4) is 5.75 Å². The lowest BCUT2D eigenvalue weighted by molar-refractivity contribution is 0.219. The van der Waals surface area contributed by atoms with Gasteiger partial charge in [0.05, 0.1) is 6.10 Å². The fourth-order valence-electron chi connectivity index (χ4n) is 1.08. The van der Waals surface area contributed by atoms with E-state index in [-0.39, 0.29) is 11.6 Å². The fraction of sp³-hybridized carbons (Fsp3) is 0.333. The third-order valence-corrected chi connectivity index (χ3v) is 1.67. The van der Waals surface area contributed by atoms with E-state index in [9.17, 15) is 8.78 Å². The van der Waals surface area contributed by atoms with Crippen LogP contribution in [0.4, 0.5) is 8.78 Å². The highest BCUT2D eigenvalue weighted by molar-refractivity contribution is 6.58. The van der Waals surface area contributed by atoms with Crippen LogP contribution in [0.3, 0.4) is 0 Å². The standard InChI is InChI=1S/C9H11BF2O3/c1-5(2)15-9-7(11)3-6(10(13)14)4-8(9)12/h3-5,13-14H,1-2H3. The lowest BCUT2D eigenvalue weighted by Crippen LogP contribution is -2.30. The quantitative estimate of drug-likeness (QED) is 0.720. The average molecular weight is 216 g/mol. The van der Waals surface area contributed by atoms with E-state index < -0.39 is 24.5 Å². The molecule has 6 heteroatoms. The molecule has 0 aromatic heterocycles. The Balaban J connectivity index is 3.10. The number of hydrogen-bond acceptors (Lipinski definition) is 3. The van der Waals surface area contributed by atoms with Crippen molar-refractivity contribution >= 4 is 12.6 Å². The number of benzene rings is 1. The molecule has 0 amide bonds. The van der Waals surface area contributed by atoms with Crippen LogP contribution < -0.4 is 10.2 Å². The van der Waals surface area contributed by atoms with Crippen molar-refractivity contribution in [2.75, 3.05) is 0 Å². The van der Waals surface area contributed by atoms with Crippen LogP contribution in [0.5, 0.6) is 5.75 Å². The summed E-state index contributed by atoms with van der Waals surface area (Å²) in [5, 5.41) is 17.5. The van der Waals surface area contributed by atoms with E-state index >= 15 is 0 Å². The second-order valence-corrected chi connectivity index (χ2v) is 3.35. The molecule has 0 bridgehead atoms. The second kappa shape index (κ2) is 4.59. The van der Waals surface area contributed by atoms with Gasteiger partial charge in [-0.05, 0) is 31.4 Å². The molecule has 0 heterocycles. The van der Waals surface area contributed by atoms with Gasteiger partial charge in [0.15, 0.2) is 17.4 Å². The van der Waals surface area contributed by atoms with Gasteiger partial charge in [-0.1, -0.05) is 0 Å². The van der Waals surface area contributed by atoms with E-state index in [1.807, 2.05) is 0 Å². The largest absolute Gasteiger partial charge is 0.488 e. The molecule has 0 aliphatic rings. The van der Waals surface area contributed by atoms with Crippen LogP contribution in [-0.2, 0) is 0 Å². The maximum atomic E-state index is 13.2. The Morgan fingerprint density at radius 2 is 1.67 bits per heavy atom. The van der Waals surface area contributed by atoms with Gasteiger partial charge in [-0.3, -0.25) is 0 Å². The van der Waals surface area contributed by atoms with Gasteiger partial charge in [0.25, 0.3) is 0 Å². The van der Waals surface area contributed by atoms with Crippen LogP contribution in [0, 0.1) is 11.6 Å². The zero-order chi connectivity index (χ0) is 11.6. The summed E-state index contributed by atoms with van der Waals surface area (Å²) in [7, 11) is -1.90. The van der Waals surface area contributed by atoms with Crippen LogP contribution in [-0.4, -0.2) is 23.3 Å². The normalized spacial score (nSPS) is 10.6. The predicted molar refractivity (Wildman–Crippen MR) is 51.9 cm³/mol. The van der Waals surface area contributed by atoms with Crippen LogP contribution in [0.2, 0.25) is 0 Å². The zero-order valence-corrected chi connectivity index (χ0v) is 8.37. The molecular formula is C9H11BF2O3. The molecule has 1 aromatic carbocycles. The van der Waals surface area contributed by atoms with Gasteiger partial charge in [-0.2, -0.15) is 0 Å². The number of ether oxygens (including phenoxy) is 1. The first-order chi connectivity index (χ1) is 6.91. The van der Waals surface area contributed by atoms with Crippen molar-refractivity contribution < 1.29 is 23.6 Å². The van der Waals surface area contributed by atoms with Crippen molar-refractivity contribution in [1.29, 1.82) is 0 Å². The Labute approximate surface area is 86.5 Å². The summed E-state index contributed by atoms with van der Waals surface area (Å²) in [4.78, 5) is 0. The molecule has 3 nitrogen and oxygen atoms in total. The first-order valence-electron chi connectivity index (χ1n) is 4.43. The molecule has 15 heavy (non-hydrogen) atoms. The van der Waals surface area contributed by atoms with E-state index in [0.717, 1.165) is 12.1 Å². The summed E-state index contributed by atoms with van der Waals surface area (Å²) < 4.78 is 31.4. The van der Waals surface area contributed by atoms with Gasteiger partial charge in [0, 0.05) is 0 Å². The summed E-state index contributed by atoms with van der Waals surface area (Å²) in [6, 6.07) is 1.65. The van der Waals surface area contributed by atoms with E-state index in [1.165, 1.54) is 0 Å². The average Bonchev–Trinajstić information content (AvgIpc) is 2.10. The minimum Gasteiger partial charge on any atom is -0.485 e. The van der Waals surface area contributed by atoms with E-state index in [2.05, 4.69) is 0 Å². The molecule has 0 saturated heterocycles. The Bertz CT molecular complexity index is 332. The fourth-order valence-corrected chi connectivity index (χ4v) is 1.08. The molecule has 0 aliphatic heterocycles. The molecule has 0 spiro atoms. The van der Waals surface area contributed by atoms with Gasteiger partial charge in [0.1, 0.15) is 0 Å². The van der Waals surface area contributed by atoms with Gasteiger partial charge in [-0.15, -0.1) is 0 Å². The lowest BCUT2D eigenvalue weighted by Gasteiger charge is -2.12. The smallest absolute Gasteiger partial charge is 0.485 e. The topological polar surface area (TPSA) is 49.7 Å². The monoisotopic (exact) mass is 216 g/mol. The maximum absolute atomic E-state index is 13.2. The second-order valence-electron chi connectivity index (χ2n) is 3.35. The Morgan fingerprint density at radius 3 is 2.00 bits per heavy atom. The molecule has 0 aliphatic carbocycles. The minimum absolute atomic E-state index is 0.249. The molecule has 2 N–H and O–H groups in total. The molecular weight excluding hydrogens is 205 g/mol. The van der Waals surface area contributed by atoms with Crippen molar-refractivity contribution in [1.82, 2.24) is 0 Å². The summed E-state index contributed by atoms with van der Waals surface area (Å²) in [5.41, 5.74) is -0.249. The molecule has 0 unspecified atom stereocenters. The number of halogens is 2. The van der Waals surface area contributed by atoms with E-state index in [4.69, 9.17) is 14.8 Å². The molecule has 0 radical (unpaired) electrons. The number of rotatable bonds is 3. The van der Waals surface area contributed by atoms with Gasteiger partial charge in [-0.25, -0.2) is 8.78 Å². The summed E-state index contributed by atoms with van der Waals surface area (Å²) >= 11 is 0. The Kier molecular flexibility index (Phi) is 3.65. The van der Waals surface area contributed by atoms with Crippen molar-refractivity contribution in [2.45, 2.75) is 20.0 Å². The molecule has 1 rings (SSSR count). The highest BCUT2D eigenvalue weighted by Gasteiger charge is 2.19. The molecule has 0 atom stereocenters. The predicted octanol–water partition coefficient (Wildman–Crippen LogP) is 0.432. The van der Waals surface area contributed by atoms with Crippen molar-refractivity contribution in [2.24, 2.45) is 0 Å². The molecule has 1 aromatic rings. The van der Waals surface area contributed by atoms with Crippen LogP contribution in [0.1, 0.15) is 13.8 Å². The maximum Gasteiger partial charge on any atom is 0.488 e. The van der Waals surface area contributed by atoms with Gasteiger partial charge >= 0.3 is 7.12 Å². The zero-order valence-electron chi connectivity index (χ0n) is 8.37. The van der Waals surface area contributed by atoms with Gasteiger partial charge in [0.2, 0.25) is 0 Å². The van der Waals surface area contributed by atoms with E-state index in [1.54, 1.807) is 13.8 Å². The van der Waals surface area contributed by atoms with Crippen LogP contribution >= 0.6 is 0 Å². The van der Waals surface area contributed by atoms with E-state index in [0.29, 0.717) is 0 Å². The molecule has 0 saturated carbocycles. The first-order valence-corrected chi connectivity index (χ1v) is 4.43. The van der Waals surface area contributed by atoms with Crippen molar-refractivity contribution in [3.63, 3.8) is 0 Å². The van der Waals surface area contributed by atoms with Gasteiger partial charge < -0.3 is 14.8 Å².